The van der Waals surface area contributed by atoms with E-state index < -0.39 is 17.4 Å². The Hall–Kier alpha value is -1.99. The zero-order valence-corrected chi connectivity index (χ0v) is 14.9. The van der Waals surface area contributed by atoms with Crippen molar-refractivity contribution in [2.45, 2.75) is 45.8 Å². The maximum atomic E-state index is 13.5. The summed E-state index contributed by atoms with van der Waals surface area (Å²) in [6, 6.07) is 5.95. The molecule has 0 aliphatic carbocycles. The minimum Gasteiger partial charge on any atom is -0.396 e. The fraction of sp³-hybridized carbons (Fsp3) is 0.556. The number of rotatable bonds is 9. The van der Waals surface area contributed by atoms with E-state index in [2.05, 4.69) is 10.6 Å². The van der Waals surface area contributed by atoms with Gasteiger partial charge in [-0.05, 0) is 25.0 Å². The molecule has 7 heteroatoms. The normalized spacial score (nSPS) is 13.8. The van der Waals surface area contributed by atoms with Gasteiger partial charge in [0.2, 0.25) is 11.8 Å². The average Bonchev–Trinajstić information content (AvgIpc) is 2.58. The molecule has 0 heterocycles. The number of aliphatic hydroxyl groups is 2. The van der Waals surface area contributed by atoms with Gasteiger partial charge in [-0.3, -0.25) is 9.59 Å². The van der Waals surface area contributed by atoms with Gasteiger partial charge in [0.05, 0.1) is 6.61 Å². The van der Waals surface area contributed by atoms with Crippen molar-refractivity contribution in [2.75, 3.05) is 13.2 Å². The van der Waals surface area contributed by atoms with Gasteiger partial charge in [0.25, 0.3) is 0 Å². The molecule has 25 heavy (non-hydrogen) atoms. The third kappa shape index (κ3) is 6.80. The molecule has 0 fully saturated rings. The molecule has 0 aliphatic heterocycles. The maximum Gasteiger partial charge on any atom is 0.249 e. The summed E-state index contributed by atoms with van der Waals surface area (Å²) in [6.07, 6.45) is -0.915. The first-order chi connectivity index (χ1) is 11.7. The lowest BCUT2D eigenvalue weighted by atomic mass is 9.87. The molecular formula is C18H27FN2O4. The van der Waals surface area contributed by atoms with Crippen LogP contribution in [0.25, 0.3) is 0 Å². The smallest absolute Gasteiger partial charge is 0.249 e. The number of benzene rings is 1. The van der Waals surface area contributed by atoms with Crippen LogP contribution in [0.2, 0.25) is 0 Å². The van der Waals surface area contributed by atoms with Gasteiger partial charge in [0.1, 0.15) is 11.9 Å². The molecule has 0 unspecified atom stereocenters. The predicted octanol–water partition coefficient (Wildman–Crippen LogP) is 0.759. The molecule has 0 saturated carbocycles. The first-order valence-electron chi connectivity index (χ1n) is 8.26. The molecule has 1 aromatic carbocycles. The summed E-state index contributed by atoms with van der Waals surface area (Å²) < 4.78 is 13.5. The minimum absolute atomic E-state index is 0.138. The van der Waals surface area contributed by atoms with E-state index in [1.54, 1.807) is 39.0 Å². The van der Waals surface area contributed by atoms with Gasteiger partial charge in [-0.2, -0.15) is 0 Å². The molecule has 1 rings (SSSR count). The van der Waals surface area contributed by atoms with Crippen LogP contribution < -0.4 is 10.6 Å². The van der Waals surface area contributed by atoms with Gasteiger partial charge in [0.15, 0.2) is 0 Å². The summed E-state index contributed by atoms with van der Waals surface area (Å²) >= 11 is 0. The number of carbonyl (C=O) groups excluding carboxylic acids is 2. The summed E-state index contributed by atoms with van der Waals surface area (Å²) in [5.74, 6) is -1.19. The molecule has 0 saturated heterocycles. The number of halogens is 1. The van der Waals surface area contributed by atoms with Crippen molar-refractivity contribution in [3.8, 4) is 0 Å². The van der Waals surface area contributed by atoms with E-state index in [1.807, 2.05) is 0 Å². The molecule has 6 nitrogen and oxygen atoms in total. The molecule has 2 amide bonds. The fourth-order valence-electron chi connectivity index (χ4n) is 2.14. The standard InChI is InChI=1S/C18H27FN2O4/c1-12(10-20-17(25)16(24)18(2,3)11-22)21-15(23)9-8-13-6-4-5-7-14(13)19/h4-7,12,16,22,24H,8-11H2,1-3H3,(H,20,25)(H,21,23)/t12-,16+/m1/s1. The van der Waals surface area contributed by atoms with Gasteiger partial charge in [-0.15, -0.1) is 0 Å². The zero-order valence-electron chi connectivity index (χ0n) is 14.9. The number of nitrogens with one attached hydrogen (secondary N) is 2. The van der Waals surface area contributed by atoms with E-state index in [4.69, 9.17) is 5.11 Å². The molecule has 2 atom stereocenters. The average molecular weight is 354 g/mol. The third-order valence-corrected chi connectivity index (χ3v) is 3.97. The molecule has 0 spiro atoms. The minimum atomic E-state index is -1.35. The predicted molar refractivity (Wildman–Crippen MR) is 92.2 cm³/mol. The lowest BCUT2D eigenvalue weighted by molar-refractivity contribution is -0.137. The molecule has 4 N–H and O–H groups in total. The van der Waals surface area contributed by atoms with Gasteiger partial charge in [-0.1, -0.05) is 32.0 Å². The molecular weight excluding hydrogens is 327 g/mol. The number of aliphatic hydroxyl groups excluding tert-OH is 2. The van der Waals surface area contributed by atoms with Crippen LogP contribution in [0.3, 0.4) is 0 Å². The largest absolute Gasteiger partial charge is 0.396 e. The first-order valence-corrected chi connectivity index (χ1v) is 8.26. The highest BCUT2D eigenvalue weighted by molar-refractivity contribution is 5.81. The molecule has 0 bridgehead atoms. The summed E-state index contributed by atoms with van der Waals surface area (Å²) in [4.78, 5) is 23.8. The van der Waals surface area contributed by atoms with Gasteiger partial charge in [-0.25, -0.2) is 4.39 Å². The third-order valence-electron chi connectivity index (χ3n) is 3.97. The maximum absolute atomic E-state index is 13.5. The zero-order chi connectivity index (χ0) is 19.0. The Balaban J connectivity index is 2.36. The fourth-order valence-corrected chi connectivity index (χ4v) is 2.14. The molecule has 140 valence electrons. The Morgan fingerprint density at radius 3 is 2.52 bits per heavy atom. The van der Waals surface area contributed by atoms with E-state index in [1.165, 1.54) is 6.07 Å². The Kier molecular flexibility index (Phi) is 7.99. The number of hydrogen-bond donors (Lipinski definition) is 4. The number of amides is 2. The molecule has 0 aliphatic rings. The topological polar surface area (TPSA) is 98.7 Å². The van der Waals surface area contributed by atoms with Crippen molar-refractivity contribution in [3.05, 3.63) is 35.6 Å². The second kappa shape index (κ2) is 9.48. The lowest BCUT2D eigenvalue weighted by Crippen LogP contribution is -2.49. The second-order valence-electron chi connectivity index (χ2n) is 6.85. The van der Waals surface area contributed by atoms with E-state index in [9.17, 15) is 19.1 Å². The lowest BCUT2D eigenvalue weighted by Gasteiger charge is -2.27. The van der Waals surface area contributed by atoms with E-state index in [0.29, 0.717) is 12.0 Å². The van der Waals surface area contributed by atoms with E-state index >= 15 is 0 Å². The SMILES string of the molecule is C[C@H](CNC(=O)[C@H](O)C(C)(C)CO)NC(=O)CCc1ccccc1F. The number of carbonyl (C=O) groups is 2. The van der Waals surface area contributed by atoms with Crippen molar-refractivity contribution >= 4 is 11.8 Å². The van der Waals surface area contributed by atoms with Crippen LogP contribution in [0.1, 0.15) is 32.8 Å². The Morgan fingerprint density at radius 1 is 1.28 bits per heavy atom. The van der Waals surface area contributed by atoms with Crippen LogP contribution in [-0.2, 0) is 16.0 Å². The summed E-state index contributed by atoms with van der Waals surface area (Å²) in [5.41, 5.74) is -0.468. The van der Waals surface area contributed by atoms with Crippen molar-refractivity contribution < 1.29 is 24.2 Å². The molecule has 0 radical (unpaired) electrons. The summed E-state index contributed by atoms with van der Waals surface area (Å²) in [6.45, 7) is 4.67. The van der Waals surface area contributed by atoms with E-state index in [0.717, 1.165) is 0 Å². The highest BCUT2D eigenvalue weighted by atomic mass is 19.1. The first kappa shape index (κ1) is 21.1. The molecule has 0 aromatic heterocycles. The van der Waals surface area contributed by atoms with Crippen molar-refractivity contribution in [3.63, 3.8) is 0 Å². The summed E-state index contributed by atoms with van der Waals surface area (Å²) in [7, 11) is 0. The number of aryl methyl sites for hydroxylation is 1. The highest BCUT2D eigenvalue weighted by Crippen LogP contribution is 2.19. The Bertz CT molecular complexity index is 592. The second-order valence-corrected chi connectivity index (χ2v) is 6.85. The van der Waals surface area contributed by atoms with E-state index in [-0.39, 0.29) is 37.3 Å². The van der Waals surface area contributed by atoms with Crippen molar-refractivity contribution in [1.82, 2.24) is 10.6 Å². The van der Waals surface area contributed by atoms with Gasteiger partial charge >= 0.3 is 0 Å². The van der Waals surface area contributed by atoms with Crippen LogP contribution >= 0.6 is 0 Å². The van der Waals surface area contributed by atoms with Crippen LogP contribution in [-0.4, -0.2) is 47.3 Å². The quantitative estimate of drug-likeness (QED) is 0.526. The van der Waals surface area contributed by atoms with Crippen LogP contribution in [0.4, 0.5) is 4.39 Å². The van der Waals surface area contributed by atoms with Crippen molar-refractivity contribution in [1.29, 1.82) is 0 Å². The van der Waals surface area contributed by atoms with Crippen LogP contribution in [0.15, 0.2) is 24.3 Å². The van der Waals surface area contributed by atoms with Crippen LogP contribution in [0, 0.1) is 11.2 Å². The molecule has 1 aromatic rings. The monoisotopic (exact) mass is 354 g/mol. The Morgan fingerprint density at radius 2 is 1.92 bits per heavy atom. The highest BCUT2D eigenvalue weighted by Gasteiger charge is 2.32. The van der Waals surface area contributed by atoms with Crippen LogP contribution in [0.5, 0.6) is 0 Å². The van der Waals surface area contributed by atoms with Crippen molar-refractivity contribution in [2.24, 2.45) is 5.41 Å². The van der Waals surface area contributed by atoms with Gasteiger partial charge in [0, 0.05) is 24.4 Å². The summed E-state index contributed by atoms with van der Waals surface area (Å²) in [5, 5.41) is 24.3. The Labute approximate surface area is 147 Å². The van der Waals surface area contributed by atoms with Gasteiger partial charge < -0.3 is 20.8 Å². The number of hydrogen-bond acceptors (Lipinski definition) is 4.